The highest BCUT2D eigenvalue weighted by molar-refractivity contribution is 14.1. The van der Waals surface area contributed by atoms with Gasteiger partial charge in [0.25, 0.3) is 0 Å². The average Bonchev–Trinajstić information content (AvgIpc) is 1.95. The Labute approximate surface area is 81.1 Å². The molecule has 0 heterocycles. The lowest BCUT2D eigenvalue weighted by Crippen LogP contribution is -1.83. The Hall–Kier alpha value is 0.1000. The van der Waals surface area contributed by atoms with Gasteiger partial charge in [0.05, 0.1) is 0 Å². The predicted molar refractivity (Wildman–Crippen MR) is 52.2 cm³/mol. The van der Waals surface area contributed by atoms with Crippen LogP contribution in [0.1, 0.15) is 10.4 Å². The fourth-order valence-corrected chi connectivity index (χ4v) is 1.49. The number of halogens is 2. The van der Waals surface area contributed by atoms with E-state index in [1.807, 2.05) is 12.1 Å². The van der Waals surface area contributed by atoms with Gasteiger partial charge in [0.2, 0.25) is 0 Å². The van der Waals surface area contributed by atoms with Gasteiger partial charge in [0, 0.05) is 13.6 Å². The third kappa shape index (κ3) is 1.58. The summed E-state index contributed by atoms with van der Waals surface area (Å²) < 4.78 is 1.94. The molecule has 0 bridgehead atoms. The van der Waals surface area contributed by atoms with E-state index in [-0.39, 0.29) is 0 Å². The fraction of sp³-hybridized carbons (Fsp3) is 0. The third-order valence-electron chi connectivity index (χ3n) is 1.11. The van der Waals surface area contributed by atoms with Crippen LogP contribution in [-0.2, 0) is 0 Å². The fourth-order valence-electron chi connectivity index (χ4n) is 0.611. The molecule has 0 amide bonds. The molecule has 0 spiro atoms. The molecule has 1 aromatic rings. The minimum Gasteiger partial charge on any atom is -0.298 e. The average molecular weight is 311 g/mol. The molecular formula is C7H4BrIO. The third-order valence-corrected chi connectivity index (χ3v) is 3.63. The van der Waals surface area contributed by atoms with E-state index in [4.69, 9.17) is 0 Å². The number of carbonyl (C=O) groups excluding carboxylic acids is 1. The van der Waals surface area contributed by atoms with Crippen molar-refractivity contribution in [2.45, 2.75) is 0 Å². The van der Waals surface area contributed by atoms with Crippen LogP contribution in [0.15, 0.2) is 22.7 Å². The molecule has 0 N–H and O–H groups in total. The molecule has 0 aliphatic carbocycles. The molecular weight excluding hydrogens is 307 g/mol. The first kappa shape index (κ1) is 8.20. The van der Waals surface area contributed by atoms with Gasteiger partial charge in [-0.1, -0.05) is 12.1 Å². The first-order valence-corrected chi connectivity index (χ1v) is 4.52. The van der Waals surface area contributed by atoms with Crippen LogP contribution in [0.2, 0.25) is 0 Å². The molecule has 0 atom stereocenters. The molecule has 3 heteroatoms. The minimum absolute atomic E-state index is 0.701. The van der Waals surface area contributed by atoms with E-state index in [2.05, 4.69) is 38.5 Å². The molecule has 1 rings (SSSR count). The molecule has 0 aromatic heterocycles. The van der Waals surface area contributed by atoms with E-state index in [0.29, 0.717) is 5.56 Å². The highest BCUT2D eigenvalue weighted by atomic mass is 127. The van der Waals surface area contributed by atoms with Crippen LogP contribution in [0, 0.1) is 3.57 Å². The van der Waals surface area contributed by atoms with Crippen LogP contribution in [0.3, 0.4) is 0 Å². The Balaban J connectivity index is 3.27. The van der Waals surface area contributed by atoms with E-state index < -0.39 is 0 Å². The molecule has 0 saturated heterocycles. The number of benzene rings is 1. The van der Waals surface area contributed by atoms with Crippen molar-refractivity contribution in [3.63, 3.8) is 0 Å². The zero-order valence-corrected chi connectivity index (χ0v) is 8.72. The Morgan fingerprint density at radius 2 is 2.20 bits per heavy atom. The maximum absolute atomic E-state index is 10.3. The van der Waals surface area contributed by atoms with E-state index in [1.54, 1.807) is 6.07 Å². The summed E-state index contributed by atoms with van der Waals surface area (Å²) in [4.78, 5) is 10.3. The summed E-state index contributed by atoms with van der Waals surface area (Å²) in [7, 11) is 0. The molecule has 0 unspecified atom stereocenters. The van der Waals surface area contributed by atoms with Crippen LogP contribution in [0.5, 0.6) is 0 Å². The second-order valence-corrected chi connectivity index (χ2v) is 3.72. The highest BCUT2D eigenvalue weighted by Gasteiger charge is 1.99. The number of hydrogen-bond donors (Lipinski definition) is 0. The lowest BCUT2D eigenvalue weighted by molar-refractivity contribution is 0.112. The maximum atomic E-state index is 10.3. The van der Waals surface area contributed by atoms with Crippen molar-refractivity contribution >= 4 is 44.8 Å². The molecule has 0 aliphatic heterocycles. The topological polar surface area (TPSA) is 17.1 Å². The largest absolute Gasteiger partial charge is 0.298 e. The van der Waals surface area contributed by atoms with E-state index in [9.17, 15) is 4.79 Å². The van der Waals surface area contributed by atoms with Crippen molar-refractivity contribution in [3.8, 4) is 0 Å². The lowest BCUT2D eigenvalue weighted by Gasteiger charge is -1.96. The molecule has 0 saturated carbocycles. The summed E-state index contributed by atoms with van der Waals surface area (Å²) in [5, 5.41) is 0. The van der Waals surface area contributed by atoms with Crippen molar-refractivity contribution < 1.29 is 4.79 Å². The smallest absolute Gasteiger partial charge is 0.151 e. The van der Waals surface area contributed by atoms with Crippen LogP contribution in [0.4, 0.5) is 0 Å². The van der Waals surface area contributed by atoms with Gasteiger partial charge in [-0.05, 0) is 44.6 Å². The van der Waals surface area contributed by atoms with Gasteiger partial charge < -0.3 is 0 Å². The quantitative estimate of drug-likeness (QED) is 0.576. The molecule has 0 radical (unpaired) electrons. The van der Waals surface area contributed by atoms with E-state index >= 15 is 0 Å². The Kier molecular flexibility index (Phi) is 2.85. The van der Waals surface area contributed by atoms with Crippen molar-refractivity contribution in [2.24, 2.45) is 0 Å². The minimum atomic E-state index is 0.701. The second kappa shape index (κ2) is 3.48. The van der Waals surface area contributed by atoms with E-state index in [1.165, 1.54) is 0 Å². The first-order valence-electron chi connectivity index (χ1n) is 2.65. The molecule has 0 fully saturated rings. The van der Waals surface area contributed by atoms with Gasteiger partial charge in [0.15, 0.2) is 6.29 Å². The summed E-state index contributed by atoms with van der Waals surface area (Å²) in [6.07, 6.45) is 0.840. The summed E-state index contributed by atoms with van der Waals surface area (Å²) in [6.45, 7) is 0. The normalized spacial score (nSPS) is 9.40. The molecule has 1 nitrogen and oxygen atoms in total. The van der Waals surface area contributed by atoms with Gasteiger partial charge in [-0.3, -0.25) is 4.79 Å². The van der Waals surface area contributed by atoms with Crippen LogP contribution in [0.25, 0.3) is 0 Å². The summed E-state index contributed by atoms with van der Waals surface area (Å²) >= 11 is 5.47. The van der Waals surface area contributed by atoms with E-state index in [0.717, 1.165) is 14.3 Å². The zero-order valence-electron chi connectivity index (χ0n) is 4.97. The SMILES string of the molecule is O=Cc1cccc(I)c1Br. The highest BCUT2D eigenvalue weighted by Crippen LogP contribution is 2.21. The van der Waals surface area contributed by atoms with Gasteiger partial charge >= 0.3 is 0 Å². The van der Waals surface area contributed by atoms with Crippen LogP contribution >= 0.6 is 38.5 Å². The Morgan fingerprint density at radius 3 is 2.70 bits per heavy atom. The zero-order chi connectivity index (χ0) is 7.56. The molecule has 1 aromatic carbocycles. The molecule has 0 aliphatic rings. The van der Waals surface area contributed by atoms with Crippen molar-refractivity contribution in [3.05, 3.63) is 31.8 Å². The standard InChI is InChI=1S/C7H4BrIO/c8-7-5(4-10)2-1-3-6(7)9/h1-4H. The van der Waals surface area contributed by atoms with Gasteiger partial charge in [0.1, 0.15) is 0 Å². The Bertz CT molecular complexity index is 260. The monoisotopic (exact) mass is 310 g/mol. The van der Waals surface area contributed by atoms with Crippen LogP contribution < -0.4 is 0 Å². The van der Waals surface area contributed by atoms with Crippen molar-refractivity contribution in [1.29, 1.82) is 0 Å². The first-order chi connectivity index (χ1) is 4.75. The number of aldehydes is 1. The Morgan fingerprint density at radius 1 is 1.50 bits per heavy atom. The second-order valence-electron chi connectivity index (χ2n) is 1.76. The summed E-state index contributed by atoms with van der Waals surface area (Å²) in [5.41, 5.74) is 0.701. The predicted octanol–water partition coefficient (Wildman–Crippen LogP) is 2.87. The van der Waals surface area contributed by atoms with Crippen molar-refractivity contribution in [2.75, 3.05) is 0 Å². The van der Waals surface area contributed by atoms with Gasteiger partial charge in [-0.25, -0.2) is 0 Å². The van der Waals surface area contributed by atoms with Crippen LogP contribution in [-0.4, -0.2) is 6.29 Å². The van der Waals surface area contributed by atoms with Gasteiger partial charge in [-0.15, -0.1) is 0 Å². The summed E-state index contributed by atoms with van der Waals surface area (Å²) in [5.74, 6) is 0. The molecule has 10 heavy (non-hydrogen) atoms. The number of carbonyl (C=O) groups is 1. The lowest BCUT2D eigenvalue weighted by atomic mass is 10.2. The molecule has 52 valence electrons. The number of hydrogen-bond acceptors (Lipinski definition) is 1. The van der Waals surface area contributed by atoms with Crippen molar-refractivity contribution in [1.82, 2.24) is 0 Å². The maximum Gasteiger partial charge on any atom is 0.151 e. The van der Waals surface area contributed by atoms with Gasteiger partial charge in [-0.2, -0.15) is 0 Å². The summed E-state index contributed by atoms with van der Waals surface area (Å²) in [6, 6.07) is 5.58. The number of rotatable bonds is 1.